The minimum atomic E-state index is -1.23. The summed E-state index contributed by atoms with van der Waals surface area (Å²) >= 11 is 0. The van der Waals surface area contributed by atoms with Gasteiger partial charge in [0.05, 0.1) is 5.56 Å². The van der Waals surface area contributed by atoms with Crippen molar-refractivity contribution >= 4 is 11.7 Å². The highest BCUT2D eigenvalue weighted by molar-refractivity contribution is 5.88. The van der Waals surface area contributed by atoms with Crippen molar-refractivity contribution in [2.45, 2.75) is 38.6 Å². The van der Waals surface area contributed by atoms with Crippen molar-refractivity contribution in [1.82, 2.24) is 0 Å². The number of carbonyl (C=O) groups is 1. The summed E-state index contributed by atoms with van der Waals surface area (Å²) in [5.74, 6) is -1.14. The standard InChI is InChI=1S/C14H18FNO2/c1-9-2-4-10(5-3-9)16-11-6-7-12(14(17)18)13(15)8-11/h6-10,16H,2-5H2,1H3,(H,17,18). The van der Waals surface area contributed by atoms with Gasteiger partial charge < -0.3 is 10.4 Å². The van der Waals surface area contributed by atoms with Crippen molar-refractivity contribution in [3.8, 4) is 0 Å². The van der Waals surface area contributed by atoms with E-state index < -0.39 is 11.8 Å². The third-order valence-corrected chi connectivity index (χ3v) is 3.59. The van der Waals surface area contributed by atoms with Crippen LogP contribution in [0.1, 0.15) is 43.0 Å². The maximum absolute atomic E-state index is 13.5. The molecule has 0 unspecified atom stereocenters. The summed E-state index contributed by atoms with van der Waals surface area (Å²) in [7, 11) is 0. The Hall–Kier alpha value is -1.58. The summed E-state index contributed by atoms with van der Waals surface area (Å²) in [6.07, 6.45) is 4.55. The zero-order valence-corrected chi connectivity index (χ0v) is 10.4. The molecule has 0 radical (unpaired) electrons. The van der Waals surface area contributed by atoms with Gasteiger partial charge in [0.15, 0.2) is 0 Å². The number of aromatic carboxylic acids is 1. The topological polar surface area (TPSA) is 49.3 Å². The molecular formula is C14H18FNO2. The Morgan fingerprint density at radius 3 is 2.56 bits per heavy atom. The lowest BCUT2D eigenvalue weighted by Gasteiger charge is -2.27. The van der Waals surface area contributed by atoms with Crippen LogP contribution in [-0.4, -0.2) is 17.1 Å². The molecule has 2 N–H and O–H groups in total. The van der Waals surface area contributed by atoms with E-state index in [1.54, 1.807) is 6.07 Å². The second-order valence-electron chi connectivity index (χ2n) is 5.10. The van der Waals surface area contributed by atoms with Crippen molar-refractivity contribution < 1.29 is 14.3 Å². The molecule has 1 fully saturated rings. The molecule has 98 valence electrons. The van der Waals surface area contributed by atoms with Gasteiger partial charge in [0.2, 0.25) is 0 Å². The number of carboxylic acids is 1. The Bertz CT molecular complexity index is 439. The van der Waals surface area contributed by atoms with Crippen molar-refractivity contribution in [2.24, 2.45) is 5.92 Å². The van der Waals surface area contributed by atoms with Crippen LogP contribution in [0.3, 0.4) is 0 Å². The summed E-state index contributed by atoms with van der Waals surface area (Å²) < 4.78 is 13.5. The first kappa shape index (κ1) is 12.9. The summed E-state index contributed by atoms with van der Waals surface area (Å²) in [6, 6.07) is 4.58. The summed E-state index contributed by atoms with van der Waals surface area (Å²) in [4.78, 5) is 10.7. The largest absolute Gasteiger partial charge is 0.478 e. The van der Waals surface area contributed by atoms with Gasteiger partial charge in [-0.2, -0.15) is 0 Å². The van der Waals surface area contributed by atoms with E-state index in [1.807, 2.05) is 0 Å². The number of hydrogen-bond acceptors (Lipinski definition) is 2. The van der Waals surface area contributed by atoms with Crippen LogP contribution in [0, 0.1) is 11.7 Å². The van der Waals surface area contributed by atoms with Crippen molar-refractivity contribution in [1.29, 1.82) is 0 Å². The smallest absolute Gasteiger partial charge is 0.338 e. The normalized spacial score (nSPS) is 23.7. The molecule has 0 atom stereocenters. The summed E-state index contributed by atoms with van der Waals surface area (Å²) in [6.45, 7) is 2.25. The third kappa shape index (κ3) is 3.00. The minimum Gasteiger partial charge on any atom is -0.478 e. The fourth-order valence-corrected chi connectivity index (χ4v) is 2.42. The Labute approximate surface area is 106 Å². The molecule has 0 amide bonds. The fourth-order valence-electron chi connectivity index (χ4n) is 2.42. The lowest BCUT2D eigenvalue weighted by molar-refractivity contribution is 0.0692. The number of hydrogen-bond donors (Lipinski definition) is 2. The molecule has 0 bridgehead atoms. The molecule has 1 aliphatic rings. The van der Waals surface area contributed by atoms with Gasteiger partial charge in [-0.15, -0.1) is 0 Å². The maximum atomic E-state index is 13.5. The lowest BCUT2D eigenvalue weighted by Crippen LogP contribution is -2.25. The zero-order chi connectivity index (χ0) is 13.1. The Morgan fingerprint density at radius 2 is 2.00 bits per heavy atom. The highest BCUT2D eigenvalue weighted by Crippen LogP contribution is 2.26. The molecule has 0 aliphatic heterocycles. The average Bonchev–Trinajstić information content (AvgIpc) is 2.32. The van der Waals surface area contributed by atoms with Crippen LogP contribution in [-0.2, 0) is 0 Å². The first-order chi connectivity index (χ1) is 8.56. The number of halogens is 1. The Kier molecular flexibility index (Phi) is 3.84. The van der Waals surface area contributed by atoms with Crippen LogP contribution in [0.4, 0.5) is 10.1 Å². The second kappa shape index (κ2) is 5.38. The molecule has 18 heavy (non-hydrogen) atoms. The maximum Gasteiger partial charge on any atom is 0.338 e. The van der Waals surface area contributed by atoms with Gasteiger partial charge in [0, 0.05) is 11.7 Å². The molecule has 2 rings (SSSR count). The van der Waals surface area contributed by atoms with Gasteiger partial charge in [-0.25, -0.2) is 9.18 Å². The Balaban J connectivity index is 2.02. The molecule has 1 aromatic rings. The van der Waals surface area contributed by atoms with Gasteiger partial charge in [-0.1, -0.05) is 6.92 Å². The van der Waals surface area contributed by atoms with Gasteiger partial charge in [-0.3, -0.25) is 0 Å². The van der Waals surface area contributed by atoms with Crippen molar-refractivity contribution in [3.05, 3.63) is 29.6 Å². The first-order valence-electron chi connectivity index (χ1n) is 6.35. The molecule has 0 spiro atoms. The van der Waals surface area contributed by atoms with Gasteiger partial charge in [-0.05, 0) is 49.8 Å². The molecule has 3 nitrogen and oxygen atoms in total. The number of anilines is 1. The zero-order valence-electron chi connectivity index (χ0n) is 10.4. The van der Waals surface area contributed by atoms with E-state index in [9.17, 15) is 9.18 Å². The SMILES string of the molecule is CC1CCC(Nc2ccc(C(=O)O)c(F)c2)CC1. The van der Waals surface area contributed by atoms with E-state index in [0.29, 0.717) is 11.7 Å². The molecule has 1 saturated carbocycles. The quantitative estimate of drug-likeness (QED) is 0.864. The predicted molar refractivity (Wildman–Crippen MR) is 68.4 cm³/mol. The Morgan fingerprint density at radius 1 is 1.33 bits per heavy atom. The molecule has 0 aromatic heterocycles. The summed E-state index contributed by atoms with van der Waals surface area (Å²) in [5.41, 5.74) is 0.384. The predicted octanol–water partition coefficient (Wildman–Crippen LogP) is 3.51. The van der Waals surface area contributed by atoms with Crippen LogP contribution >= 0.6 is 0 Å². The molecule has 0 saturated heterocycles. The third-order valence-electron chi connectivity index (χ3n) is 3.59. The van der Waals surface area contributed by atoms with Crippen molar-refractivity contribution in [2.75, 3.05) is 5.32 Å². The van der Waals surface area contributed by atoms with E-state index in [-0.39, 0.29) is 5.56 Å². The molecule has 1 aliphatic carbocycles. The van der Waals surface area contributed by atoms with E-state index >= 15 is 0 Å². The van der Waals surface area contributed by atoms with E-state index in [1.165, 1.54) is 25.0 Å². The summed E-state index contributed by atoms with van der Waals surface area (Å²) in [5, 5.41) is 12.0. The van der Waals surface area contributed by atoms with Crippen molar-refractivity contribution in [3.63, 3.8) is 0 Å². The number of rotatable bonds is 3. The average molecular weight is 251 g/mol. The van der Waals surface area contributed by atoms with Crippen LogP contribution in [0.5, 0.6) is 0 Å². The van der Waals surface area contributed by atoms with Gasteiger partial charge >= 0.3 is 5.97 Å². The molecule has 4 heteroatoms. The highest BCUT2D eigenvalue weighted by Gasteiger charge is 2.18. The molecule has 1 aromatic carbocycles. The van der Waals surface area contributed by atoms with E-state index in [2.05, 4.69) is 12.2 Å². The minimum absolute atomic E-state index is 0.280. The number of nitrogens with one attached hydrogen (secondary N) is 1. The number of carboxylic acid groups (broad SMARTS) is 1. The fraction of sp³-hybridized carbons (Fsp3) is 0.500. The van der Waals surface area contributed by atoms with Gasteiger partial charge in [0.1, 0.15) is 5.82 Å². The van der Waals surface area contributed by atoms with Crippen LogP contribution in [0.15, 0.2) is 18.2 Å². The monoisotopic (exact) mass is 251 g/mol. The van der Waals surface area contributed by atoms with Crippen LogP contribution in [0.2, 0.25) is 0 Å². The van der Waals surface area contributed by atoms with E-state index in [4.69, 9.17) is 5.11 Å². The van der Waals surface area contributed by atoms with E-state index in [0.717, 1.165) is 18.8 Å². The highest BCUT2D eigenvalue weighted by atomic mass is 19.1. The molecule has 0 heterocycles. The lowest BCUT2D eigenvalue weighted by atomic mass is 9.87. The first-order valence-corrected chi connectivity index (χ1v) is 6.35. The molecular weight excluding hydrogens is 233 g/mol. The number of benzene rings is 1. The van der Waals surface area contributed by atoms with Crippen LogP contribution < -0.4 is 5.32 Å². The van der Waals surface area contributed by atoms with Crippen LogP contribution in [0.25, 0.3) is 0 Å². The second-order valence-corrected chi connectivity index (χ2v) is 5.10. The van der Waals surface area contributed by atoms with Gasteiger partial charge in [0.25, 0.3) is 0 Å².